The fraction of sp³-hybridized carbons (Fsp3) is 1.00. The van der Waals surface area contributed by atoms with E-state index in [1.54, 1.807) is 0 Å². The molecule has 0 aromatic heterocycles. The molecule has 1 aliphatic rings. The average molecular weight is 157 g/mol. The smallest absolute Gasteiger partial charge is 0.109 e. The lowest BCUT2D eigenvalue weighted by atomic mass is 10.1. The summed E-state index contributed by atoms with van der Waals surface area (Å²) in [7, 11) is 0. The van der Waals surface area contributed by atoms with Crippen molar-refractivity contribution >= 4 is 0 Å². The second-order valence-corrected chi connectivity index (χ2v) is 3.54. The largest absolute Gasteiger partial charge is 0.378 e. The summed E-state index contributed by atoms with van der Waals surface area (Å²) in [5, 5.41) is 9.74. The molecule has 1 N–H and O–H groups in total. The Kier molecular flexibility index (Phi) is 3.34. The molecule has 0 spiro atoms. The van der Waals surface area contributed by atoms with Crippen LogP contribution in [0.25, 0.3) is 0 Å². The monoisotopic (exact) mass is 157 g/mol. The van der Waals surface area contributed by atoms with Gasteiger partial charge in [0.25, 0.3) is 0 Å². The van der Waals surface area contributed by atoms with Crippen molar-refractivity contribution in [2.45, 2.75) is 39.3 Å². The molecule has 0 bridgehead atoms. The van der Waals surface area contributed by atoms with Gasteiger partial charge in [-0.05, 0) is 25.2 Å². The number of hydrogen-bond donors (Lipinski definition) is 1. The summed E-state index contributed by atoms with van der Waals surface area (Å²) in [6.07, 6.45) is 3.39. The van der Waals surface area contributed by atoms with E-state index >= 15 is 0 Å². The summed E-state index contributed by atoms with van der Waals surface area (Å²) in [6.45, 7) is 6.42. The molecule has 2 unspecified atom stereocenters. The topological polar surface area (TPSA) is 23.5 Å². The van der Waals surface area contributed by atoms with Crippen LogP contribution in [-0.2, 0) is 0 Å². The van der Waals surface area contributed by atoms with E-state index in [1.165, 1.54) is 12.8 Å². The molecule has 0 amide bonds. The highest BCUT2D eigenvalue weighted by Crippen LogP contribution is 2.17. The normalized spacial score (nSPS) is 25.4. The van der Waals surface area contributed by atoms with Crippen LogP contribution in [-0.4, -0.2) is 29.3 Å². The molecule has 0 saturated carbocycles. The molecule has 2 nitrogen and oxygen atoms in total. The van der Waals surface area contributed by atoms with Crippen molar-refractivity contribution in [1.29, 1.82) is 0 Å². The zero-order valence-electron chi connectivity index (χ0n) is 7.58. The molecule has 1 rings (SSSR count). The number of aliphatic hydroxyl groups is 1. The van der Waals surface area contributed by atoms with Gasteiger partial charge in [-0.15, -0.1) is 0 Å². The van der Waals surface area contributed by atoms with Crippen LogP contribution in [0.1, 0.15) is 33.1 Å². The molecule has 66 valence electrons. The van der Waals surface area contributed by atoms with E-state index in [1.807, 2.05) is 0 Å². The molecule has 0 radical (unpaired) electrons. The number of nitrogens with zero attached hydrogens (tertiary/aromatic N) is 1. The highest BCUT2D eigenvalue weighted by atomic mass is 16.3. The van der Waals surface area contributed by atoms with Crippen LogP contribution in [0.15, 0.2) is 0 Å². The fourth-order valence-electron chi connectivity index (χ4n) is 1.58. The summed E-state index contributed by atoms with van der Waals surface area (Å²) >= 11 is 0. The molecule has 1 fully saturated rings. The van der Waals surface area contributed by atoms with Crippen molar-refractivity contribution in [3.63, 3.8) is 0 Å². The Morgan fingerprint density at radius 2 is 1.91 bits per heavy atom. The highest BCUT2D eigenvalue weighted by Gasteiger charge is 2.22. The van der Waals surface area contributed by atoms with E-state index < -0.39 is 0 Å². The zero-order valence-corrected chi connectivity index (χ0v) is 7.58. The van der Waals surface area contributed by atoms with E-state index in [0.29, 0.717) is 5.92 Å². The summed E-state index contributed by atoms with van der Waals surface area (Å²) in [6, 6.07) is 0. The van der Waals surface area contributed by atoms with Gasteiger partial charge in [0.1, 0.15) is 6.23 Å². The molecule has 1 heterocycles. The van der Waals surface area contributed by atoms with Gasteiger partial charge < -0.3 is 5.11 Å². The van der Waals surface area contributed by atoms with Crippen LogP contribution in [0.3, 0.4) is 0 Å². The summed E-state index contributed by atoms with van der Waals surface area (Å²) in [5.41, 5.74) is 0. The second kappa shape index (κ2) is 4.07. The van der Waals surface area contributed by atoms with Gasteiger partial charge in [-0.3, -0.25) is 4.90 Å². The Balaban J connectivity index is 2.32. The molecule has 1 aliphatic heterocycles. The lowest BCUT2D eigenvalue weighted by molar-refractivity contribution is -0.0218. The number of hydrogen-bond acceptors (Lipinski definition) is 2. The molecule has 2 atom stereocenters. The van der Waals surface area contributed by atoms with Crippen LogP contribution in [0, 0.1) is 5.92 Å². The number of rotatable bonds is 3. The Morgan fingerprint density at radius 1 is 1.36 bits per heavy atom. The van der Waals surface area contributed by atoms with Gasteiger partial charge in [-0.25, -0.2) is 0 Å². The standard InChI is InChI=1S/C9H19NO/c1-3-8(2)9(11)10-6-4-5-7-10/h8-9,11H,3-7H2,1-2H3. The maximum absolute atomic E-state index is 9.74. The van der Waals surface area contributed by atoms with Gasteiger partial charge in [-0.2, -0.15) is 0 Å². The van der Waals surface area contributed by atoms with Gasteiger partial charge in [0.2, 0.25) is 0 Å². The molecule has 1 saturated heterocycles. The van der Waals surface area contributed by atoms with Gasteiger partial charge in [0.15, 0.2) is 0 Å². The third kappa shape index (κ3) is 2.17. The Hall–Kier alpha value is -0.0800. The first-order valence-corrected chi connectivity index (χ1v) is 4.67. The number of aliphatic hydroxyl groups excluding tert-OH is 1. The third-order valence-corrected chi connectivity index (χ3v) is 2.67. The molecule has 2 heteroatoms. The minimum Gasteiger partial charge on any atom is -0.378 e. The summed E-state index contributed by atoms with van der Waals surface area (Å²) in [4.78, 5) is 2.19. The van der Waals surface area contributed by atoms with Crippen LogP contribution in [0.5, 0.6) is 0 Å². The van der Waals surface area contributed by atoms with Crippen molar-refractivity contribution in [1.82, 2.24) is 4.90 Å². The van der Waals surface area contributed by atoms with Gasteiger partial charge >= 0.3 is 0 Å². The molecule has 0 aliphatic carbocycles. The Labute approximate surface area is 69.2 Å². The van der Waals surface area contributed by atoms with Crippen molar-refractivity contribution in [2.24, 2.45) is 5.92 Å². The molecule has 0 aromatic carbocycles. The number of likely N-dealkylation sites (tertiary alicyclic amines) is 1. The van der Waals surface area contributed by atoms with Crippen molar-refractivity contribution in [3.8, 4) is 0 Å². The quantitative estimate of drug-likeness (QED) is 0.670. The lowest BCUT2D eigenvalue weighted by Gasteiger charge is -2.26. The molecule has 11 heavy (non-hydrogen) atoms. The predicted octanol–water partition coefficient (Wildman–Crippen LogP) is 1.45. The molecule has 0 aromatic rings. The first-order chi connectivity index (χ1) is 5.25. The average Bonchev–Trinajstić information content (AvgIpc) is 2.53. The van der Waals surface area contributed by atoms with E-state index in [0.717, 1.165) is 19.5 Å². The highest BCUT2D eigenvalue weighted by molar-refractivity contribution is 4.71. The van der Waals surface area contributed by atoms with Crippen LogP contribution >= 0.6 is 0 Å². The fourth-order valence-corrected chi connectivity index (χ4v) is 1.58. The molecular formula is C9H19NO. The second-order valence-electron chi connectivity index (χ2n) is 3.54. The van der Waals surface area contributed by atoms with Gasteiger partial charge in [-0.1, -0.05) is 13.8 Å². The van der Waals surface area contributed by atoms with E-state index in [-0.39, 0.29) is 6.23 Å². The third-order valence-electron chi connectivity index (χ3n) is 2.67. The lowest BCUT2D eigenvalue weighted by Crippen LogP contribution is -2.37. The SMILES string of the molecule is CCC(C)C(O)N1CCCC1. The van der Waals surface area contributed by atoms with Crippen molar-refractivity contribution in [2.75, 3.05) is 13.1 Å². The van der Waals surface area contributed by atoms with Crippen LogP contribution in [0.2, 0.25) is 0 Å². The van der Waals surface area contributed by atoms with Gasteiger partial charge in [0, 0.05) is 13.1 Å². The van der Waals surface area contributed by atoms with Crippen LogP contribution in [0.4, 0.5) is 0 Å². The minimum absolute atomic E-state index is 0.192. The first kappa shape index (κ1) is 9.01. The maximum atomic E-state index is 9.74. The van der Waals surface area contributed by atoms with E-state index in [4.69, 9.17) is 0 Å². The maximum Gasteiger partial charge on any atom is 0.109 e. The van der Waals surface area contributed by atoms with E-state index in [9.17, 15) is 5.11 Å². The first-order valence-electron chi connectivity index (χ1n) is 4.67. The Bertz CT molecular complexity index is 110. The van der Waals surface area contributed by atoms with Gasteiger partial charge in [0.05, 0.1) is 0 Å². The van der Waals surface area contributed by atoms with E-state index in [2.05, 4.69) is 18.7 Å². The van der Waals surface area contributed by atoms with Crippen molar-refractivity contribution in [3.05, 3.63) is 0 Å². The summed E-state index contributed by atoms with van der Waals surface area (Å²) in [5.74, 6) is 0.424. The summed E-state index contributed by atoms with van der Waals surface area (Å²) < 4.78 is 0. The Morgan fingerprint density at radius 3 is 2.36 bits per heavy atom. The minimum atomic E-state index is -0.192. The zero-order chi connectivity index (χ0) is 8.27. The molecular weight excluding hydrogens is 138 g/mol. The van der Waals surface area contributed by atoms with Crippen molar-refractivity contribution < 1.29 is 5.11 Å². The predicted molar refractivity (Wildman–Crippen MR) is 46.3 cm³/mol. The van der Waals surface area contributed by atoms with Crippen LogP contribution < -0.4 is 0 Å².